The minimum absolute atomic E-state index is 0.0857. The number of benzene rings is 1. The first-order chi connectivity index (χ1) is 9.49. The van der Waals surface area contributed by atoms with Crippen LogP contribution in [0.25, 0.3) is 0 Å². The molecule has 0 aromatic heterocycles. The summed E-state index contributed by atoms with van der Waals surface area (Å²) in [5.41, 5.74) is 0.151. The Morgan fingerprint density at radius 2 is 1.76 bits per heavy atom. The van der Waals surface area contributed by atoms with Crippen LogP contribution in [0, 0.1) is 0 Å². The minimum Gasteiger partial charge on any atom is -0.351 e. The highest BCUT2D eigenvalue weighted by atomic mass is 35.5. The summed E-state index contributed by atoms with van der Waals surface area (Å²) in [6, 6.07) is 6.46. The minimum atomic E-state index is -3.46. The fraction of sp³-hybridized carbons (Fsp3) is 0.500. The Hall–Kier alpha value is -1.27. The van der Waals surface area contributed by atoms with E-state index in [0.29, 0.717) is 10.7 Å². The molecule has 7 heteroatoms. The fourth-order valence-corrected chi connectivity index (χ4v) is 2.83. The Balaban J connectivity index is 2.82. The van der Waals surface area contributed by atoms with E-state index in [0.717, 1.165) is 6.26 Å². The van der Waals surface area contributed by atoms with Crippen LogP contribution in [0.2, 0.25) is 5.02 Å². The Morgan fingerprint density at radius 3 is 2.19 bits per heavy atom. The van der Waals surface area contributed by atoms with Crippen LogP contribution < -0.4 is 9.62 Å². The lowest BCUT2D eigenvalue weighted by molar-refractivity contribution is -0.122. The third-order valence-corrected chi connectivity index (χ3v) is 4.02. The molecular formula is C14H21ClN2O3S. The average molecular weight is 333 g/mol. The van der Waals surface area contributed by atoms with Gasteiger partial charge < -0.3 is 5.32 Å². The largest absolute Gasteiger partial charge is 0.351 e. The first kappa shape index (κ1) is 17.8. The van der Waals surface area contributed by atoms with Crippen LogP contribution in [0.1, 0.15) is 27.2 Å². The highest BCUT2D eigenvalue weighted by Gasteiger charge is 2.20. The van der Waals surface area contributed by atoms with Crippen molar-refractivity contribution in [2.24, 2.45) is 0 Å². The van der Waals surface area contributed by atoms with E-state index in [1.165, 1.54) is 4.31 Å². The lowest BCUT2D eigenvalue weighted by atomic mass is 10.1. The van der Waals surface area contributed by atoms with Gasteiger partial charge in [-0.2, -0.15) is 0 Å². The van der Waals surface area contributed by atoms with Crippen molar-refractivity contribution in [2.45, 2.75) is 32.7 Å². The van der Waals surface area contributed by atoms with Crippen molar-refractivity contribution in [3.05, 3.63) is 29.3 Å². The lowest BCUT2D eigenvalue weighted by Gasteiger charge is -2.24. The number of sulfonamides is 1. The van der Waals surface area contributed by atoms with Crippen LogP contribution in [0.4, 0.5) is 5.69 Å². The molecular weight excluding hydrogens is 312 g/mol. The van der Waals surface area contributed by atoms with Crippen LogP contribution in [0.3, 0.4) is 0 Å². The highest BCUT2D eigenvalue weighted by molar-refractivity contribution is 7.92. The van der Waals surface area contributed by atoms with Crippen molar-refractivity contribution < 1.29 is 13.2 Å². The maximum atomic E-state index is 11.9. The van der Waals surface area contributed by atoms with Crippen molar-refractivity contribution in [3.8, 4) is 0 Å². The van der Waals surface area contributed by atoms with Gasteiger partial charge in [-0.05, 0) is 45.0 Å². The molecule has 21 heavy (non-hydrogen) atoms. The number of hydrogen-bond acceptors (Lipinski definition) is 3. The van der Waals surface area contributed by atoms with E-state index in [-0.39, 0.29) is 24.4 Å². The number of anilines is 1. The predicted octanol–water partition coefficient (Wildman–Crippen LogP) is 2.41. The number of rotatable bonds is 5. The summed E-state index contributed by atoms with van der Waals surface area (Å²) < 4.78 is 25.0. The molecule has 0 bridgehead atoms. The van der Waals surface area contributed by atoms with E-state index < -0.39 is 10.0 Å². The Morgan fingerprint density at radius 1 is 1.24 bits per heavy atom. The molecule has 0 radical (unpaired) electrons. The van der Waals surface area contributed by atoms with Gasteiger partial charge in [0, 0.05) is 23.5 Å². The first-order valence-electron chi connectivity index (χ1n) is 6.53. The van der Waals surface area contributed by atoms with Gasteiger partial charge in [0.1, 0.15) is 0 Å². The molecule has 5 nitrogen and oxygen atoms in total. The van der Waals surface area contributed by atoms with Gasteiger partial charge in [-0.15, -0.1) is 0 Å². The molecule has 118 valence electrons. The topological polar surface area (TPSA) is 66.5 Å². The summed E-state index contributed by atoms with van der Waals surface area (Å²) in [7, 11) is -3.46. The van der Waals surface area contributed by atoms with Crippen LogP contribution in [-0.4, -0.2) is 32.7 Å². The maximum absolute atomic E-state index is 11.9. The number of carbonyl (C=O) groups is 1. The zero-order chi connectivity index (χ0) is 16.3. The van der Waals surface area contributed by atoms with Gasteiger partial charge in [0.2, 0.25) is 15.9 Å². The molecule has 1 rings (SSSR count). The zero-order valence-electron chi connectivity index (χ0n) is 12.7. The van der Waals surface area contributed by atoms with Crippen molar-refractivity contribution in [1.82, 2.24) is 5.32 Å². The van der Waals surface area contributed by atoms with Gasteiger partial charge in [0.25, 0.3) is 0 Å². The summed E-state index contributed by atoms with van der Waals surface area (Å²) in [6.45, 7) is 5.71. The quantitative estimate of drug-likeness (QED) is 0.900. The molecule has 1 amide bonds. The van der Waals surface area contributed by atoms with Crippen LogP contribution in [0.15, 0.2) is 24.3 Å². The lowest BCUT2D eigenvalue weighted by Crippen LogP contribution is -2.42. The summed E-state index contributed by atoms with van der Waals surface area (Å²) in [6.07, 6.45) is 1.20. The molecule has 0 spiro atoms. The Kier molecular flexibility index (Phi) is 5.64. The van der Waals surface area contributed by atoms with Crippen molar-refractivity contribution in [1.29, 1.82) is 0 Å². The smallest absolute Gasteiger partial charge is 0.232 e. The van der Waals surface area contributed by atoms with Gasteiger partial charge in [-0.25, -0.2) is 8.42 Å². The predicted molar refractivity (Wildman–Crippen MR) is 86.2 cm³/mol. The summed E-state index contributed by atoms with van der Waals surface area (Å²) in [5.74, 6) is -0.190. The third kappa shape index (κ3) is 6.35. The average Bonchev–Trinajstić information content (AvgIpc) is 2.27. The Bertz CT molecular complexity index is 592. The molecule has 0 heterocycles. The highest BCUT2D eigenvalue weighted by Crippen LogP contribution is 2.20. The standard InChI is InChI=1S/C14H21ClN2O3S/c1-14(2,3)16-13(18)9-10-17(21(4,19)20)12-7-5-11(15)6-8-12/h5-8H,9-10H2,1-4H3,(H,16,18). The summed E-state index contributed by atoms with van der Waals surface area (Å²) in [4.78, 5) is 11.8. The van der Waals surface area contributed by atoms with E-state index in [1.54, 1.807) is 24.3 Å². The SMILES string of the molecule is CC(C)(C)NC(=O)CCN(c1ccc(Cl)cc1)S(C)(=O)=O. The first-order valence-corrected chi connectivity index (χ1v) is 8.76. The molecule has 0 unspecified atom stereocenters. The molecule has 1 aromatic rings. The molecule has 0 aliphatic carbocycles. The number of amides is 1. The van der Waals surface area contributed by atoms with Crippen LogP contribution >= 0.6 is 11.6 Å². The molecule has 1 N–H and O–H groups in total. The van der Waals surface area contributed by atoms with Gasteiger partial charge in [0.05, 0.1) is 11.9 Å². The van der Waals surface area contributed by atoms with E-state index in [1.807, 2.05) is 20.8 Å². The van der Waals surface area contributed by atoms with Gasteiger partial charge in [-0.1, -0.05) is 11.6 Å². The monoisotopic (exact) mass is 332 g/mol. The molecule has 0 aliphatic rings. The molecule has 0 saturated carbocycles. The van der Waals surface area contributed by atoms with Gasteiger partial charge >= 0.3 is 0 Å². The van der Waals surface area contributed by atoms with E-state index in [9.17, 15) is 13.2 Å². The van der Waals surface area contributed by atoms with Crippen molar-refractivity contribution in [2.75, 3.05) is 17.1 Å². The van der Waals surface area contributed by atoms with Crippen LogP contribution in [0.5, 0.6) is 0 Å². The molecule has 1 aromatic carbocycles. The van der Waals surface area contributed by atoms with E-state index >= 15 is 0 Å². The van der Waals surface area contributed by atoms with Gasteiger partial charge in [-0.3, -0.25) is 9.10 Å². The molecule has 0 atom stereocenters. The number of nitrogens with one attached hydrogen (secondary N) is 1. The van der Waals surface area contributed by atoms with Gasteiger partial charge in [0.15, 0.2) is 0 Å². The normalized spacial score (nSPS) is 12.0. The van der Waals surface area contributed by atoms with Crippen molar-refractivity contribution in [3.63, 3.8) is 0 Å². The number of carbonyl (C=O) groups excluding carboxylic acids is 1. The molecule has 0 aliphatic heterocycles. The van der Waals surface area contributed by atoms with Crippen molar-refractivity contribution >= 4 is 33.2 Å². The zero-order valence-corrected chi connectivity index (χ0v) is 14.3. The number of nitrogens with zero attached hydrogens (tertiary/aromatic N) is 1. The third-order valence-electron chi connectivity index (χ3n) is 2.57. The maximum Gasteiger partial charge on any atom is 0.232 e. The summed E-state index contributed by atoms with van der Waals surface area (Å²) >= 11 is 5.80. The number of hydrogen-bond donors (Lipinski definition) is 1. The Labute approximate surface area is 131 Å². The second-order valence-electron chi connectivity index (χ2n) is 5.86. The number of halogens is 1. The summed E-state index contributed by atoms with van der Waals surface area (Å²) in [5, 5.41) is 3.33. The second-order valence-corrected chi connectivity index (χ2v) is 8.20. The van der Waals surface area contributed by atoms with Crippen LogP contribution in [-0.2, 0) is 14.8 Å². The second kappa shape index (κ2) is 6.66. The fourth-order valence-electron chi connectivity index (χ4n) is 1.78. The molecule has 0 saturated heterocycles. The van der Waals surface area contributed by atoms with E-state index in [2.05, 4.69) is 5.32 Å². The van der Waals surface area contributed by atoms with E-state index in [4.69, 9.17) is 11.6 Å². The molecule has 0 fully saturated rings.